The molecule has 1 aromatic carbocycles. The lowest BCUT2D eigenvalue weighted by molar-refractivity contribution is -0.132. The van der Waals surface area contributed by atoms with E-state index < -0.39 is 5.97 Å². The van der Waals surface area contributed by atoms with Crippen LogP contribution in [0.2, 0.25) is 0 Å². The van der Waals surface area contributed by atoms with Crippen molar-refractivity contribution in [2.24, 2.45) is 0 Å². The Kier molecular flexibility index (Phi) is 2.91. The first-order chi connectivity index (χ1) is 8.06. The van der Waals surface area contributed by atoms with Gasteiger partial charge in [-0.25, -0.2) is 9.18 Å². The molecule has 1 heterocycles. The number of nitrogens with zero attached hydrogens (tertiary/aromatic N) is 1. The summed E-state index contributed by atoms with van der Waals surface area (Å²) in [5, 5.41) is 8.75. The van der Waals surface area contributed by atoms with Gasteiger partial charge in [0.05, 0.1) is 12.1 Å². The molecular formula is C12H10FNO3. The van der Waals surface area contributed by atoms with E-state index in [4.69, 9.17) is 5.11 Å². The highest BCUT2D eigenvalue weighted by Gasteiger charge is 2.25. The van der Waals surface area contributed by atoms with E-state index in [1.54, 1.807) is 12.1 Å². The van der Waals surface area contributed by atoms with Gasteiger partial charge in [0.25, 0.3) is 0 Å². The predicted molar refractivity (Wildman–Crippen MR) is 57.5 cm³/mol. The van der Waals surface area contributed by atoms with Gasteiger partial charge >= 0.3 is 5.97 Å². The molecule has 4 nitrogen and oxygen atoms in total. The van der Waals surface area contributed by atoms with Crippen molar-refractivity contribution in [3.8, 4) is 0 Å². The monoisotopic (exact) mass is 235 g/mol. The fourth-order valence-electron chi connectivity index (χ4n) is 1.64. The molecule has 1 aliphatic rings. The van der Waals surface area contributed by atoms with Gasteiger partial charge in [0.1, 0.15) is 5.82 Å². The number of hydrogen-bond donors (Lipinski definition) is 1. The summed E-state index contributed by atoms with van der Waals surface area (Å²) in [4.78, 5) is 23.6. The first-order valence-corrected chi connectivity index (χ1v) is 5.03. The summed E-state index contributed by atoms with van der Waals surface area (Å²) >= 11 is 0. The second-order valence-electron chi connectivity index (χ2n) is 3.80. The van der Waals surface area contributed by atoms with Crippen molar-refractivity contribution < 1.29 is 19.1 Å². The Bertz CT molecular complexity index is 493. The summed E-state index contributed by atoms with van der Waals surface area (Å²) in [5.41, 5.74) is 0.844. The van der Waals surface area contributed by atoms with Crippen molar-refractivity contribution >= 4 is 11.9 Å². The minimum absolute atomic E-state index is 0.0807. The van der Waals surface area contributed by atoms with Crippen molar-refractivity contribution in [2.75, 3.05) is 6.54 Å². The first-order valence-electron chi connectivity index (χ1n) is 5.03. The Hall–Kier alpha value is -2.17. The molecule has 1 N–H and O–H groups in total. The fraction of sp³-hybridized carbons (Fsp3) is 0.167. The molecule has 88 valence electrons. The van der Waals surface area contributed by atoms with Gasteiger partial charge < -0.3 is 10.0 Å². The van der Waals surface area contributed by atoms with Gasteiger partial charge in [-0.2, -0.15) is 0 Å². The predicted octanol–water partition coefficient (Wildman–Crippen LogP) is 1.18. The maximum atomic E-state index is 12.7. The average Bonchev–Trinajstić information content (AvgIpc) is 2.64. The standard InChI is InChI=1S/C12H10FNO3/c13-10-3-1-8(2-4-10)6-14-7-9(12(16)17)5-11(14)15/h1-5H,6-7H2,(H,16,17). The third kappa shape index (κ3) is 2.50. The molecule has 0 bridgehead atoms. The van der Waals surface area contributed by atoms with E-state index in [1.807, 2.05) is 0 Å². The van der Waals surface area contributed by atoms with E-state index in [0.717, 1.165) is 11.6 Å². The molecule has 0 fully saturated rings. The molecule has 0 aliphatic carbocycles. The van der Waals surface area contributed by atoms with Crippen LogP contribution in [-0.4, -0.2) is 28.4 Å². The third-order valence-electron chi connectivity index (χ3n) is 2.53. The zero-order valence-electron chi connectivity index (χ0n) is 8.89. The fourth-order valence-corrected chi connectivity index (χ4v) is 1.64. The summed E-state index contributed by atoms with van der Waals surface area (Å²) in [6.45, 7) is 0.373. The van der Waals surface area contributed by atoms with Crippen molar-refractivity contribution in [3.05, 3.63) is 47.3 Å². The highest BCUT2D eigenvalue weighted by molar-refractivity contribution is 6.01. The number of halogens is 1. The third-order valence-corrected chi connectivity index (χ3v) is 2.53. The van der Waals surface area contributed by atoms with E-state index in [9.17, 15) is 14.0 Å². The minimum atomic E-state index is -1.08. The molecule has 0 radical (unpaired) electrons. The van der Waals surface area contributed by atoms with Crippen molar-refractivity contribution in [3.63, 3.8) is 0 Å². The molecular weight excluding hydrogens is 225 g/mol. The number of benzene rings is 1. The Morgan fingerprint density at radius 2 is 2.00 bits per heavy atom. The molecule has 0 saturated heterocycles. The van der Waals surface area contributed by atoms with Gasteiger partial charge in [-0.15, -0.1) is 0 Å². The number of carboxylic acids is 1. The lowest BCUT2D eigenvalue weighted by Gasteiger charge is -2.15. The summed E-state index contributed by atoms with van der Waals surface area (Å²) in [6, 6.07) is 5.76. The topological polar surface area (TPSA) is 57.6 Å². The SMILES string of the molecule is O=C(O)C1=CC(=O)N(Cc2ccc(F)cc2)C1. The minimum Gasteiger partial charge on any atom is -0.478 e. The molecule has 17 heavy (non-hydrogen) atoms. The number of rotatable bonds is 3. The van der Waals surface area contributed by atoms with Gasteiger partial charge in [0, 0.05) is 12.6 Å². The molecule has 0 spiro atoms. The number of aliphatic carboxylic acids is 1. The van der Waals surface area contributed by atoms with Crippen LogP contribution in [0.25, 0.3) is 0 Å². The molecule has 0 aromatic heterocycles. The molecule has 5 heteroatoms. The molecule has 2 rings (SSSR count). The molecule has 1 aliphatic heterocycles. The van der Waals surface area contributed by atoms with Crippen LogP contribution in [0.15, 0.2) is 35.9 Å². The number of carbonyl (C=O) groups is 2. The van der Waals surface area contributed by atoms with Crippen molar-refractivity contribution in [1.29, 1.82) is 0 Å². The highest BCUT2D eigenvalue weighted by atomic mass is 19.1. The number of carboxylic acid groups (broad SMARTS) is 1. The van der Waals surface area contributed by atoms with Gasteiger partial charge in [0.15, 0.2) is 0 Å². The van der Waals surface area contributed by atoms with Crippen LogP contribution in [0.4, 0.5) is 4.39 Å². The Morgan fingerprint density at radius 3 is 2.53 bits per heavy atom. The summed E-state index contributed by atoms with van der Waals surface area (Å²) < 4.78 is 12.7. The molecule has 0 saturated carbocycles. The van der Waals surface area contributed by atoms with Crippen LogP contribution in [0, 0.1) is 5.82 Å². The largest absolute Gasteiger partial charge is 0.478 e. The lowest BCUT2D eigenvalue weighted by atomic mass is 10.2. The molecule has 0 unspecified atom stereocenters. The zero-order valence-corrected chi connectivity index (χ0v) is 8.89. The van der Waals surface area contributed by atoms with E-state index in [0.29, 0.717) is 0 Å². The molecule has 0 atom stereocenters. The maximum absolute atomic E-state index is 12.7. The normalized spacial score (nSPS) is 15.0. The van der Waals surface area contributed by atoms with Crippen molar-refractivity contribution in [1.82, 2.24) is 4.90 Å². The average molecular weight is 235 g/mol. The van der Waals surface area contributed by atoms with Crippen LogP contribution in [0.5, 0.6) is 0 Å². The molecule has 1 amide bonds. The molecule has 1 aromatic rings. The summed E-state index contributed by atoms with van der Waals surface area (Å²) in [6.07, 6.45) is 1.12. The Balaban J connectivity index is 2.05. The van der Waals surface area contributed by atoms with E-state index in [2.05, 4.69) is 0 Å². The number of hydrogen-bond acceptors (Lipinski definition) is 2. The van der Waals surface area contributed by atoms with Crippen LogP contribution in [0.1, 0.15) is 5.56 Å². The Labute approximate surface area is 97.0 Å². The highest BCUT2D eigenvalue weighted by Crippen LogP contribution is 2.15. The van der Waals surface area contributed by atoms with Crippen LogP contribution < -0.4 is 0 Å². The van der Waals surface area contributed by atoms with Crippen LogP contribution >= 0.6 is 0 Å². The number of amides is 1. The van der Waals surface area contributed by atoms with Crippen molar-refractivity contribution in [2.45, 2.75) is 6.54 Å². The van der Waals surface area contributed by atoms with Crippen LogP contribution in [0.3, 0.4) is 0 Å². The van der Waals surface area contributed by atoms with E-state index in [-0.39, 0.29) is 30.4 Å². The smallest absolute Gasteiger partial charge is 0.333 e. The maximum Gasteiger partial charge on any atom is 0.333 e. The van der Waals surface area contributed by atoms with Gasteiger partial charge in [-0.05, 0) is 17.7 Å². The summed E-state index contributed by atoms with van der Waals surface area (Å²) in [7, 11) is 0. The number of carbonyl (C=O) groups excluding carboxylic acids is 1. The van der Waals surface area contributed by atoms with E-state index in [1.165, 1.54) is 17.0 Å². The van der Waals surface area contributed by atoms with Gasteiger partial charge in [-0.1, -0.05) is 12.1 Å². The second-order valence-corrected chi connectivity index (χ2v) is 3.80. The quantitative estimate of drug-likeness (QED) is 0.855. The first kappa shape index (κ1) is 11.3. The Morgan fingerprint density at radius 1 is 1.35 bits per heavy atom. The lowest BCUT2D eigenvalue weighted by Crippen LogP contribution is -2.26. The second kappa shape index (κ2) is 4.37. The summed E-state index contributed by atoms with van der Waals surface area (Å²) in [5.74, 6) is -1.75. The van der Waals surface area contributed by atoms with E-state index >= 15 is 0 Å². The van der Waals surface area contributed by atoms with Gasteiger partial charge in [-0.3, -0.25) is 4.79 Å². The van der Waals surface area contributed by atoms with Gasteiger partial charge in [0.2, 0.25) is 5.91 Å². The van der Waals surface area contributed by atoms with Crippen LogP contribution in [-0.2, 0) is 16.1 Å². The zero-order chi connectivity index (χ0) is 12.4.